The minimum Gasteiger partial charge on any atom is -0.497 e. The van der Waals surface area contributed by atoms with Crippen molar-refractivity contribution in [3.8, 4) is 5.75 Å². The van der Waals surface area contributed by atoms with E-state index >= 15 is 0 Å². The lowest BCUT2D eigenvalue weighted by Gasteiger charge is -2.23. The minimum atomic E-state index is -4.17. The lowest BCUT2D eigenvalue weighted by molar-refractivity contribution is -0.149. The van der Waals surface area contributed by atoms with Gasteiger partial charge in [0.15, 0.2) is 0 Å². The smallest absolute Gasteiger partial charge is 0.329 e. The van der Waals surface area contributed by atoms with Gasteiger partial charge < -0.3 is 20.1 Å². The van der Waals surface area contributed by atoms with Crippen LogP contribution in [0.3, 0.4) is 0 Å². The molecule has 260 valence electrons. The summed E-state index contributed by atoms with van der Waals surface area (Å²) in [6.45, 7) is 0.799. The molecule has 1 fully saturated rings. The van der Waals surface area contributed by atoms with Crippen LogP contribution in [-0.2, 0) is 60.1 Å². The highest BCUT2D eigenvalue weighted by molar-refractivity contribution is 7.91. The number of nitrogens with one attached hydrogen (secondary N) is 2. The number of carbonyl (C=O) groups excluding carboxylic acids is 4. The Balaban J connectivity index is 1.32. The second-order valence-electron chi connectivity index (χ2n) is 11.7. The van der Waals surface area contributed by atoms with Crippen LogP contribution in [0.25, 0.3) is 0 Å². The summed E-state index contributed by atoms with van der Waals surface area (Å²) in [6.07, 6.45) is 0.207. The van der Waals surface area contributed by atoms with Gasteiger partial charge in [-0.05, 0) is 46.5 Å². The SMILES string of the molecule is COc1ccc(CN2C(=O)CN(c3ccc(C[C@H](NC(=O)[C@H](Cc4ccccc4)NC(C)=O)C(=O)OCc4ccccc4)cc3)S2(=O)=O)cc1. The molecule has 0 bridgehead atoms. The molecule has 4 aromatic rings. The maximum absolute atomic E-state index is 13.5. The number of ether oxygens (including phenoxy) is 2. The summed E-state index contributed by atoms with van der Waals surface area (Å²) in [5.41, 5.74) is 3.06. The average Bonchev–Trinajstić information content (AvgIpc) is 3.34. The highest BCUT2D eigenvalue weighted by atomic mass is 32.2. The van der Waals surface area contributed by atoms with E-state index in [0.29, 0.717) is 16.9 Å². The van der Waals surface area contributed by atoms with E-state index in [1.807, 2.05) is 60.7 Å². The van der Waals surface area contributed by atoms with Gasteiger partial charge in [0.1, 0.15) is 31.0 Å². The van der Waals surface area contributed by atoms with Crippen LogP contribution in [0.1, 0.15) is 29.2 Å². The fourth-order valence-electron chi connectivity index (χ4n) is 5.46. The summed E-state index contributed by atoms with van der Waals surface area (Å²) in [4.78, 5) is 51.8. The highest BCUT2D eigenvalue weighted by Gasteiger charge is 2.42. The van der Waals surface area contributed by atoms with Crippen molar-refractivity contribution in [2.24, 2.45) is 0 Å². The second-order valence-corrected chi connectivity index (χ2v) is 13.5. The van der Waals surface area contributed by atoms with Crippen molar-refractivity contribution in [3.63, 3.8) is 0 Å². The molecular formula is C37H38N4O8S. The molecular weight excluding hydrogens is 660 g/mol. The topological polar surface area (TPSA) is 151 Å². The molecule has 50 heavy (non-hydrogen) atoms. The number of amides is 3. The van der Waals surface area contributed by atoms with Crippen molar-refractivity contribution < 1.29 is 37.1 Å². The van der Waals surface area contributed by atoms with Crippen LogP contribution >= 0.6 is 0 Å². The van der Waals surface area contributed by atoms with E-state index in [0.717, 1.165) is 19.7 Å². The third kappa shape index (κ3) is 9.05. The second kappa shape index (κ2) is 16.1. The van der Waals surface area contributed by atoms with Crippen LogP contribution in [-0.4, -0.2) is 62.2 Å². The number of anilines is 1. The summed E-state index contributed by atoms with van der Waals surface area (Å²) in [7, 11) is -2.64. The molecule has 1 aliphatic rings. The Bertz CT molecular complexity index is 1900. The van der Waals surface area contributed by atoms with E-state index < -0.39 is 46.0 Å². The molecule has 0 saturated carbocycles. The molecule has 0 unspecified atom stereocenters. The predicted molar refractivity (Wildman–Crippen MR) is 186 cm³/mol. The fourth-order valence-corrected chi connectivity index (χ4v) is 6.98. The lowest BCUT2D eigenvalue weighted by Crippen LogP contribution is -2.53. The molecule has 12 nitrogen and oxygen atoms in total. The molecule has 1 saturated heterocycles. The zero-order valence-electron chi connectivity index (χ0n) is 27.7. The molecule has 4 aromatic carbocycles. The van der Waals surface area contributed by atoms with Gasteiger partial charge in [-0.1, -0.05) is 84.9 Å². The van der Waals surface area contributed by atoms with Crippen molar-refractivity contribution >= 4 is 39.6 Å². The maximum atomic E-state index is 13.5. The van der Waals surface area contributed by atoms with Gasteiger partial charge in [0.2, 0.25) is 11.8 Å². The Morgan fingerprint density at radius 2 is 1.30 bits per heavy atom. The number of carbonyl (C=O) groups is 4. The van der Waals surface area contributed by atoms with E-state index in [2.05, 4.69) is 10.6 Å². The third-order valence-corrected chi connectivity index (χ3v) is 9.85. The molecule has 2 atom stereocenters. The molecule has 0 radical (unpaired) electrons. The van der Waals surface area contributed by atoms with Gasteiger partial charge in [0.05, 0.1) is 19.3 Å². The van der Waals surface area contributed by atoms with Crippen molar-refractivity contribution in [3.05, 3.63) is 131 Å². The molecule has 1 heterocycles. The van der Waals surface area contributed by atoms with Gasteiger partial charge in [-0.15, -0.1) is 0 Å². The number of nitrogens with zero attached hydrogens (tertiary/aromatic N) is 2. The normalized spacial score (nSPS) is 14.8. The van der Waals surface area contributed by atoms with E-state index in [1.54, 1.807) is 48.5 Å². The summed E-state index contributed by atoms with van der Waals surface area (Å²) >= 11 is 0. The summed E-state index contributed by atoms with van der Waals surface area (Å²) in [6, 6.07) is 29.3. The molecule has 0 spiro atoms. The average molecular weight is 699 g/mol. The van der Waals surface area contributed by atoms with Crippen LogP contribution in [0.4, 0.5) is 5.69 Å². The first-order chi connectivity index (χ1) is 24.0. The van der Waals surface area contributed by atoms with Gasteiger partial charge in [-0.25, -0.2) is 13.4 Å². The summed E-state index contributed by atoms with van der Waals surface area (Å²) in [5, 5.41) is 5.42. The number of hydrogen-bond acceptors (Lipinski definition) is 8. The lowest BCUT2D eigenvalue weighted by atomic mass is 10.0. The van der Waals surface area contributed by atoms with Gasteiger partial charge in [0, 0.05) is 19.8 Å². The number of hydrogen-bond donors (Lipinski definition) is 2. The Morgan fingerprint density at radius 1 is 0.740 bits per heavy atom. The Labute approximate surface area is 291 Å². The number of rotatable bonds is 14. The number of esters is 1. The molecule has 5 rings (SSSR count). The van der Waals surface area contributed by atoms with E-state index in [4.69, 9.17) is 9.47 Å². The minimum absolute atomic E-state index is 0.00699. The monoisotopic (exact) mass is 698 g/mol. The Hall–Kier alpha value is -5.69. The third-order valence-electron chi connectivity index (χ3n) is 8.06. The van der Waals surface area contributed by atoms with Crippen molar-refractivity contribution in [2.45, 2.75) is 45.0 Å². The molecule has 2 N–H and O–H groups in total. The molecule has 3 amide bonds. The molecule has 0 aliphatic carbocycles. The predicted octanol–water partition coefficient (Wildman–Crippen LogP) is 3.31. The maximum Gasteiger partial charge on any atom is 0.329 e. The number of benzene rings is 4. The largest absolute Gasteiger partial charge is 0.497 e. The standard InChI is InChI=1S/C37H38N4O8S/c1-26(42)38-33(21-27-9-5-3-6-10-27)36(44)39-34(37(45)49-25-30-11-7-4-8-12-30)22-28-13-17-31(18-14-28)40-24-35(43)41(50(40,46)47)23-29-15-19-32(48-2)20-16-29/h3-20,33-34H,21-25H2,1-2H3,(H,38,42)(H,39,44)/t33-,34-/m0/s1. The Morgan fingerprint density at radius 3 is 1.90 bits per heavy atom. The van der Waals surface area contributed by atoms with Crippen LogP contribution in [0.15, 0.2) is 109 Å². The first-order valence-corrected chi connectivity index (χ1v) is 17.3. The van der Waals surface area contributed by atoms with Gasteiger partial charge in [-0.2, -0.15) is 8.42 Å². The summed E-state index contributed by atoms with van der Waals surface area (Å²) < 4.78 is 39.5. The van der Waals surface area contributed by atoms with E-state index in [1.165, 1.54) is 14.0 Å². The quantitative estimate of drug-likeness (QED) is 0.191. The first-order valence-electron chi connectivity index (χ1n) is 15.9. The van der Waals surface area contributed by atoms with Crippen LogP contribution < -0.4 is 19.7 Å². The van der Waals surface area contributed by atoms with E-state index in [-0.39, 0.29) is 38.2 Å². The zero-order chi connectivity index (χ0) is 35.7. The van der Waals surface area contributed by atoms with Gasteiger partial charge in [-0.3, -0.25) is 14.4 Å². The molecule has 0 aromatic heterocycles. The zero-order valence-corrected chi connectivity index (χ0v) is 28.5. The number of methoxy groups -OCH3 is 1. The van der Waals surface area contributed by atoms with Gasteiger partial charge >= 0.3 is 16.2 Å². The summed E-state index contributed by atoms with van der Waals surface area (Å²) in [5.74, 6) is -1.62. The van der Waals surface area contributed by atoms with Crippen LogP contribution in [0, 0.1) is 0 Å². The fraction of sp³-hybridized carbons (Fsp3) is 0.243. The van der Waals surface area contributed by atoms with E-state index in [9.17, 15) is 27.6 Å². The molecule has 1 aliphatic heterocycles. The Kier molecular flexibility index (Phi) is 11.5. The van der Waals surface area contributed by atoms with Crippen LogP contribution in [0.2, 0.25) is 0 Å². The highest BCUT2D eigenvalue weighted by Crippen LogP contribution is 2.28. The van der Waals surface area contributed by atoms with Crippen molar-refractivity contribution in [1.82, 2.24) is 14.9 Å². The van der Waals surface area contributed by atoms with Gasteiger partial charge in [0.25, 0.3) is 5.91 Å². The molecule has 13 heteroatoms. The van der Waals surface area contributed by atoms with Crippen LogP contribution in [0.5, 0.6) is 5.75 Å². The first kappa shape index (κ1) is 35.6. The van der Waals surface area contributed by atoms with Crippen molar-refractivity contribution in [1.29, 1.82) is 0 Å². The van der Waals surface area contributed by atoms with Crippen molar-refractivity contribution in [2.75, 3.05) is 18.0 Å².